The molecule has 0 fully saturated rings. The number of hydrogen-bond acceptors (Lipinski definition) is 7. The van der Waals surface area contributed by atoms with Gasteiger partial charge in [0.05, 0.1) is 76.3 Å². The molecule has 0 amide bonds. The lowest BCUT2D eigenvalue weighted by atomic mass is 10.3. The van der Waals surface area contributed by atoms with E-state index in [-0.39, 0.29) is 43.2 Å². The first-order chi connectivity index (χ1) is 12.8. The van der Waals surface area contributed by atoms with Gasteiger partial charge >= 0.3 is 0 Å². The maximum absolute atomic E-state index is 8.93. The highest BCUT2D eigenvalue weighted by molar-refractivity contribution is 4.58. The van der Waals surface area contributed by atoms with Gasteiger partial charge in [-0.25, -0.2) is 0 Å². The van der Waals surface area contributed by atoms with Gasteiger partial charge in [-0.2, -0.15) is 0 Å². The van der Waals surface area contributed by atoms with Crippen LogP contribution in [0, 0.1) is 0 Å². The summed E-state index contributed by atoms with van der Waals surface area (Å²) in [7, 11) is 0. The van der Waals surface area contributed by atoms with Gasteiger partial charge in [0.1, 0.15) is 0 Å². The summed E-state index contributed by atoms with van der Waals surface area (Å²) in [4.78, 5) is 0. The molecule has 0 aliphatic heterocycles. The molecule has 0 bridgehead atoms. The van der Waals surface area contributed by atoms with Crippen molar-refractivity contribution in [2.45, 2.75) is 85.1 Å². The van der Waals surface area contributed by atoms with E-state index in [4.69, 9.17) is 33.5 Å². The van der Waals surface area contributed by atoms with Crippen LogP contribution < -0.4 is 0 Å². The van der Waals surface area contributed by atoms with Gasteiger partial charge in [0.25, 0.3) is 0 Å². The van der Waals surface area contributed by atoms with Crippen molar-refractivity contribution in [3.63, 3.8) is 0 Å². The summed E-state index contributed by atoms with van der Waals surface area (Å²) in [6, 6.07) is 0. The van der Waals surface area contributed by atoms with Crippen molar-refractivity contribution in [3.05, 3.63) is 0 Å². The normalized spacial score (nSPS) is 18.7. The topological polar surface area (TPSA) is 75.6 Å². The van der Waals surface area contributed by atoms with Crippen molar-refractivity contribution in [2.75, 3.05) is 46.2 Å². The Morgan fingerprint density at radius 1 is 0.481 bits per heavy atom. The zero-order valence-corrected chi connectivity index (χ0v) is 18.3. The molecule has 0 aromatic heterocycles. The Morgan fingerprint density at radius 3 is 1.00 bits per heavy atom. The van der Waals surface area contributed by atoms with Gasteiger partial charge in [-0.1, -0.05) is 0 Å². The molecule has 7 nitrogen and oxygen atoms in total. The quantitative estimate of drug-likeness (QED) is 0.383. The van der Waals surface area contributed by atoms with E-state index in [1.54, 1.807) is 0 Å². The molecule has 0 aliphatic carbocycles. The summed E-state index contributed by atoms with van der Waals surface area (Å²) in [5.41, 5.74) is 0. The molecular weight excluding hydrogens is 352 g/mol. The van der Waals surface area contributed by atoms with Crippen molar-refractivity contribution in [3.8, 4) is 0 Å². The number of ether oxygens (including phenoxy) is 6. The SMILES string of the molecule is CCOC(C)COC(C)COC(C)COC(C)COC(C)COC(C)CO. The van der Waals surface area contributed by atoms with Gasteiger partial charge in [0.15, 0.2) is 0 Å². The van der Waals surface area contributed by atoms with Gasteiger partial charge in [0.2, 0.25) is 0 Å². The van der Waals surface area contributed by atoms with Crippen molar-refractivity contribution in [1.29, 1.82) is 0 Å². The van der Waals surface area contributed by atoms with Gasteiger partial charge in [-0.15, -0.1) is 0 Å². The third-order valence-corrected chi connectivity index (χ3v) is 3.79. The minimum atomic E-state index is -0.170. The molecule has 1 N–H and O–H groups in total. The summed E-state index contributed by atoms with van der Waals surface area (Å²) in [5.74, 6) is 0. The molecular formula is C20H42O7. The van der Waals surface area contributed by atoms with Crippen LogP contribution in [-0.4, -0.2) is 88.0 Å². The summed E-state index contributed by atoms with van der Waals surface area (Å²) in [6.45, 7) is 16.9. The highest BCUT2D eigenvalue weighted by Crippen LogP contribution is 2.04. The van der Waals surface area contributed by atoms with Crippen LogP contribution >= 0.6 is 0 Å². The van der Waals surface area contributed by atoms with Crippen LogP contribution in [-0.2, 0) is 28.4 Å². The number of aliphatic hydroxyl groups is 1. The van der Waals surface area contributed by atoms with Crippen LogP contribution in [0.15, 0.2) is 0 Å². The highest BCUT2D eigenvalue weighted by atomic mass is 16.6. The first-order valence-corrected chi connectivity index (χ1v) is 10.1. The first kappa shape index (κ1) is 26.7. The first-order valence-electron chi connectivity index (χ1n) is 10.1. The van der Waals surface area contributed by atoms with E-state index in [0.717, 1.165) is 0 Å². The van der Waals surface area contributed by atoms with E-state index < -0.39 is 0 Å². The lowest BCUT2D eigenvalue weighted by Gasteiger charge is -2.22. The summed E-state index contributed by atoms with van der Waals surface area (Å²) in [6.07, 6.45) is -0.160. The third kappa shape index (κ3) is 16.4. The molecule has 0 spiro atoms. The van der Waals surface area contributed by atoms with Crippen LogP contribution in [0.1, 0.15) is 48.5 Å². The van der Waals surface area contributed by atoms with E-state index in [0.29, 0.717) is 39.6 Å². The smallest absolute Gasteiger partial charge is 0.0781 e. The zero-order valence-electron chi connectivity index (χ0n) is 18.3. The van der Waals surface area contributed by atoms with Gasteiger partial charge < -0.3 is 33.5 Å². The summed E-state index contributed by atoms with van der Waals surface area (Å²) < 4.78 is 33.8. The largest absolute Gasteiger partial charge is 0.394 e. The Morgan fingerprint density at radius 2 is 0.741 bits per heavy atom. The van der Waals surface area contributed by atoms with E-state index in [1.165, 1.54) is 0 Å². The second-order valence-electron chi connectivity index (χ2n) is 7.17. The third-order valence-electron chi connectivity index (χ3n) is 3.79. The molecule has 27 heavy (non-hydrogen) atoms. The zero-order chi connectivity index (χ0) is 20.7. The molecule has 0 rings (SSSR count). The molecule has 0 aromatic rings. The molecule has 0 aromatic carbocycles. The van der Waals surface area contributed by atoms with Gasteiger partial charge in [0, 0.05) is 6.61 Å². The maximum atomic E-state index is 8.93. The highest BCUT2D eigenvalue weighted by Gasteiger charge is 2.13. The Bertz CT molecular complexity index is 329. The maximum Gasteiger partial charge on any atom is 0.0781 e. The van der Waals surface area contributed by atoms with E-state index in [9.17, 15) is 0 Å². The second-order valence-corrected chi connectivity index (χ2v) is 7.17. The minimum absolute atomic E-state index is 0.0123. The van der Waals surface area contributed by atoms with Crippen molar-refractivity contribution in [2.24, 2.45) is 0 Å². The molecule has 0 radical (unpaired) electrons. The fourth-order valence-corrected chi connectivity index (χ4v) is 2.08. The number of aliphatic hydroxyl groups excluding tert-OH is 1. The Balaban J connectivity index is 3.74. The molecule has 0 saturated carbocycles. The molecule has 0 aliphatic rings. The predicted octanol–water partition coefficient (Wildman–Crippen LogP) is 2.43. The van der Waals surface area contributed by atoms with Crippen LogP contribution in [0.5, 0.6) is 0 Å². The fraction of sp³-hybridized carbons (Fsp3) is 1.00. The monoisotopic (exact) mass is 394 g/mol. The van der Waals surface area contributed by atoms with Crippen molar-refractivity contribution in [1.82, 2.24) is 0 Å². The summed E-state index contributed by atoms with van der Waals surface area (Å²) >= 11 is 0. The fourth-order valence-electron chi connectivity index (χ4n) is 2.08. The molecule has 6 unspecified atom stereocenters. The Hall–Kier alpha value is -0.280. The van der Waals surface area contributed by atoms with Crippen LogP contribution in [0.4, 0.5) is 0 Å². The van der Waals surface area contributed by atoms with Gasteiger partial charge in [-0.05, 0) is 48.5 Å². The van der Waals surface area contributed by atoms with Crippen molar-refractivity contribution < 1.29 is 33.5 Å². The lowest BCUT2D eigenvalue weighted by molar-refractivity contribution is -0.102. The van der Waals surface area contributed by atoms with Gasteiger partial charge in [-0.3, -0.25) is 0 Å². The number of hydrogen-bond donors (Lipinski definition) is 1. The Kier molecular flexibility index (Phi) is 16.5. The average molecular weight is 395 g/mol. The number of rotatable bonds is 18. The predicted molar refractivity (Wildman–Crippen MR) is 105 cm³/mol. The molecule has 7 heteroatoms. The standard InChI is InChI=1S/C20H42O7/c1-8-22-16(3)10-24-18(5)12-26-20(7)14-27-19(6)13-25-17(4)11-23-15(2)9-21/h15-21H,8-14H2,1-7H3. The van der Waals surface area contributed by atoms with Crippen molar-refractivity contribution >= 4 is 0 Å². The molecule has 0 saturated heterocycles. The Labute approximate surface area is 165 Å². The lowest BCUT2D eigenvalue weighted by Crippen LogP contribution is -2.29. The van der Waals surface area contributed by atoms with Crippen LogP contribution in [0.3, 0.4) is 0 Å². The van der Waals surface area contributed by atoms with E-state index >= 15 is 0 Å². The second kappa shape index (κ2) is 16.7. The summed E-state index contributed by atoms with van der Waals surface area (Å²) in [5, 5.41) is 8.93. The van der Waals surface area contributed by atoms with Crippen LogP contribution in [0.2, 0.25) is 0 Å². The molecule has 0 heterocycles. The minimum Gasteiger partial charge on any atom is -0.394 e. The van der Waals surface area contributed by atoms with E-state index in [1.807, 2.05) is 48.5 Å². The molecule has 6 atom stereocenters. The molecule has 164 valence electrons. The van der Waals surface area contributed by atoms with E-state index in [2.05, 4.69) is 0 Å². The van der Waals surface area contributed by atoms with Crippen LogP contribution in [0.25, 0.3) is 0 Å². The average Bonchev–Trinajstić information content (AvgIpc) is 2.65.